The molecule has 118 valence electrons. The Kier molecular flexibility index (Phi) is 7.00. The van der Waals surface area contributed by atoms with Crippen LogP contribution >= 0.6 is 11.8 Å². The number of anilines is 2. The Morgan fingerprint density at radius 3 is 2.38 bits per heavy atom. The summed E-state index contributed by atoms with van der Waals surface area (Å²) >= 11 is 1.64. The molecule has 0 saturated carbocycles. The summed E-state index contributed by atoms with van der Waals surface area (Å²) in [5.41, 5.74) is 6.81. The van der Waals surface area contributed by atoms with Gasteiger partial charge in [-0.2, -0.15) is 11.8 Å². The van der Waals surface area contributed by atoms with Crippen LogP contribution in [0.2, 0.25) is 0 Å². The Balaban J connectivity index is 2.60. The molecule has 1 rings (SSSR count). The second-order valence-electron chi connectivity index (χ2n) is 4.46. The lowest BCUT2D eigenvalue weighted by molar-refractivity contribution is -0.117. The van der Waals surface area contributed by atoms with E-state index in [-0.39, 0.29) is 11.7 Å². The van der Waals surface area contributed by atoms with Gasteiger partial charge in [0.2, 0.25) is 15.9 Å². The molecule has 6 nitrogen and oxygen atoms in total. The van der Waals surface area contributed by atoms with Gasteiger partial charge in [-0.3, -0.25) is 9.52 Å². The Morgan fingerprint density at radius 1 is 1.29 bits per heavy atom. The van der Waals surface area contributed by atoms with E-state index in [0.29, 0.717) is 17.8 Å². The SMILES string of the molecule is CCS(=O)(=O)Nc1ccc(NC(=O)[C@@H](N)CCSC)cc1. The largest absolute Gasteiger partial charge is 0.325 e. The molecule has 0 unspecified atom stereocenters. The molecule has 0 radical (unpaired) electrons. The van der Waals surface area contributed by atoms with E-state index in [9.17, 15) is 13.2 Å². The summed E-state index contributed by atoms with van der Waals surface area (Å²) in [7, 11) is -3.29. The van der Waals surface area contributed by atoms with Crippen LogP contribution in [-0.4, -0.2) is 38.1 Å². The van der Waals surface area contributed by atoms with E-state index < -0.39 is 16.1 Å². The van der Waals surface area contributed by atoms with Gasteiger partial charge >= 0.3 is 0 Å². The second-order valence-corrected chi connectivity index (χ2v) is 7.46. The first-order valence-electron chi connectivity index (χ1n) is 6.54. The van der Waals surface area contributed by atoms with Gasteiger partial charge in [-0.15, -0.1) is 0 Å². The van der Waals surface area contributed by atoms with Crippen molar-refractivity contribution in [1.82, 2.24) is 0 Å². The lowest BCUT2D eigenvalue weighted by Gasteiger charge is -2.12. The first-order chi connectivity index (χ1) is 9.88. The number of hydrogen-bond acceptors (Lipinski definition) is 5. The van der Waals surface area contributed by atoms with E-state index in [1.807, 2.05) is 6.26 Å². The molecular weight excluding hydrogens is 310 g/mol. The topological polar surface area (TPSA) is 101 Å². The molecule has 1 amide bonds. The van der Waals surface area contributed by atoms with E-state index in [4.69, 9.17) is 5.73 Å². The molecular formula is C13H21N3O3S2. The van der Waals surface area contributed by atoms with Crippen LogP contribution < -0.4 is 15.8 Å². The quantitative estimate of drug-likeness (QED) is 0.669. The number of nitrogens with two attached hydrogens (primary N) is 1. The lowest BCUT2D eigenvalue weighted by Crippen LogP contribution is -2.36. The fourth-order valence-corrected chi connectivity index (χ4v) is 2.61. The number of carbonyl (C=O) groups is 1. The van der Waals surface area contributed by atoms with Crippen LogP contribution in [0.1, 0.15) is 13.3 Å². The minimum Gasteiger partial charge on any atom is -0.325 e. The molecule has 1 atom stereocenters. The van der Waals surface area contributed by atoms with Crippen molar-refractivity contribution in [2.45, 2.75) is 19.4 Å². The van der Waals surface area contributed by atoms with Gasteiger partial charge in [-0.05, 0) is 49.6 Å². The van der Waals surface area contributed by atoms with Crippen molar-refractivity contribution in [3.8, 4) is 0 Å². The molecule has 0 aliphatic carbocycles. The molecule has 8 heteroatoms. The summed E-state index contributed by atoms with van der Waals surface area (Å²) in [4.78, 5) is 11.8. The Labute approximate surface area is 129 Å². The summed E-state index contributed by atoms with van der Waals surface area (Å²) in [6.07, 6.45) is 2.57. The number of hydrogen-bond donors (Lipinski definition) is 3. The third-order valence-electron chi connectivity index (χ3n) is 2.78. The van der Waals surface area contributed by atoms with Crippen LogP contribution in [0.5, 0.6) is 0 Å². The molecule has 1 aromatic carbocycles. The Hall–Kier alpha value is -1.25. The van der Waals surface area contributed by atoms with Crippen LogP contribution in [0, 0.1) is 0 Å². The van der Waals surface area contributed by atoms with E-state index in [2.05, 4.69) is 10.0 Å². The maximum Gasteiger partial charge on any atom is 0.241 e. The number of rotatable bonds is 8. The van der Waals surface area contributed by atoms with Crippen molar-refractivity contribution in [2.75, 3.05) is 27.8 Å². The minimum absolute atomic E-state index is 0.00970. The molecule has 0 aliphatic rings. The number of benzene rings is 1. The van der Waals surface area contributed by atoms with Gasteiger partial charge in [0.05, 0.1) is 11.8 Å². The lowest BCUT2D eigenvalue weighted by atomic mass is 10.2. The highest BCUT2D eigenvalue weighted by Crippen LogP contribution is 2.15. The van der Waals surface area contributed by atoms with E-state index in [1.165, 1.54) is 0 Å². The van der Waals surface area contributed by atoms with Crippen LogP contribution in [0.4, 0.5) is 11.4 Å². The summed E-state index contributed by atoms with van der Waals surface area (Å²) < 4.78 is 25.3. The van der Waals surface area contributed by atoms with Gasteiger partial charge in [-0.25, -0.2) is 8.42 Å². The summed E-state index contributed by atoms with van der Waals surface area (Å²) in [5, 5.41) is 2.70. The molecule has 0 heterocycles. The molecule has 0 aromatic heterocycles. The predicted molar refractivity (Wildman–Crippen MR) is 89.1 cm³/mol. The maximum absolute atomic E-state index is 11.8. The third-order valence-corrected chi connectivity index (χ3v) is 4.73. The average molecular weight is 331 g/mol. The highest BCUT2D eigenvalue weighted by molar-refractivity contribution is 7.98. The minimum atomic E-state index is -3.29. The predicted octanol–water partition coefficient (Wildman–Crippen LogP) is 1.47. The van der Waals surface area contributed by atoms with Crippen molar-refractivity contribution >= 4 is 39.1 Å². The van der Waals surface area contributed by atoms with Crippen LogP contribution in [0.15, 0.2) is 24.3 Å². The van der Waals surface area contributed by atoms with Gasteiger partial charge in [0.1, 0.15) is 0 Å². The number of thioether (sulfide) groups is 1. The standard InChI is InChI=1S/C13H21N3O3S2/c1-3-21(18,19)16-11-6-4-10(5-7-11)15-13(17)12(14)8-9-20-2/h4-7,12,16H,3,8-9,14H2,1-2H3,(H,15,17)/t12-/m0/s1. The number of sulfonamides is 1. The number of nitrogens with one attached hydrogen (secondary N) is 2. The first kappa shape index (κ1) is 17.8. The molecule has 21 heavy (non-hydrogen) atoms. The van der Waals surface area contributed by atoms with E-state index in [0.717, 1.165) is 5.75 Å². The fraction of sp³-hybridized carbons (Fsp3) is 0.462. The van der Waals surface area contributed by atoms with Gasteiger partial charge in [0.25, 0.3) is 0 Å². The van der Waals surface area contributed by atoms with Gasteiger partial charge in [0, 0.05) is 11.4 Å². The molecule has 4 N–H and O–H groups in total. The van der Waals surface area contributed by atoms with Crippen molar-refractivity contribution in [1.29, 1.82) is 0 Å². The molecule has 0 bridgehead atoms. The van der Waals surface area contributed by atoms with Crippen molar-refractivity contribution < 1.29 is 13.2 Å². The zero-order valence-corrected chi connectivity index (χ0v) is 13.8. The van der Waals surface area contributed by atoms with Crippen molar-refractivity contribution in [3.63, 3.8) is 0 Å². The molecule has 0 spiro atoms. The van der Waals surface area contributed by atoms with Crippen LogP contribution in [-0.2, 0) is 14.8 Å². The van der Waals surface area contributed by atoms with Gasteiger partial charge in [0.15, 0.2) is 0 Å². The third kappa shape index (κ3) is 6.36. The van der Waals surface area contributed by atoms with Crippen molar-refractivity contribution in [3.05, 3.63) is 24.3 Å². The maximum atomic E-state index is 11.8. The van der Waals surface area contributed by atoms with E-state index >= 15 is 0 Å². The second kappa shape index (κ2) is 8.26. The average Bonchev–Trinajstić information content (AvgIpc) is 2.46. The van der Waals surface area contributed by atoms with Crippen molar-refractivity contribution in [2.24, 2.45) is 5.73 Å². The Bertz CT molecular complexity index is 559. The van der Waals surface area contributed by atoms with Gasteiger partial charge < -0.3 is 11.1 Å². The smallest absolute Gasteiger partial charge is 0.241 e. The Morgan fingerprint density at radius 2 is 1.86 bits per heavy atom. The van der Waals surface area contributed by atoms with Gasteiger partial charge in [-0.1, -0.05) is 0 Å². The monoisotopic (exact) mass is 331 g/mol. The molecule has 0 saturated heterocycles. The first-order valence-corrected chi connectivity index (χ1v) is 9.58. The number of amides is 1. The van der Waals surface area contributed by atoms with Crippen LogP contribution in [0.25, 0.3) is 0 Å². The molecule has 1 aromatic rings. The summed E-state index contributed by atoms with van der Waals surface area (Å²) in [5.74, 6) is 0.591. The highest BCUT2D eigenvalue weighted by atomic mass is 32.2. The molecule has 0 fully saturated rings. The fourth-order valence-electron chi connectivity index (χ4n) is 1.48. The number of carbonyl (C=O) groups excluding carboxylic acids is 1. The van der Waals surface area contributed by atoms with E-state index in [1.54, 1.807) is 43.0 Å². The highest BCUT2D eigenvalue weighted by Gasteiger charge is 2.13. The van der Waals surface area contributed by atoms with Crippen LogP contribution in [0.3, 0.4) is 0 Å². The zero-order chi connectivity index (χ0) is 15.9. The molecule has 0 aliphatic heterocycles. The zero-order valence-electron chi connectivity index (χ0n) is 12.1. The summed E-state index contributed by atoms with van der Waals surface area (Å²) in [6, 6.07) is 5.90. The normalized spacial score (nSPS) is 12.7. The summed E-state index contributed by atoms with van der Waals surface area (Å²) in [6.45, 7) is 1.56.